The Labute approximate surface area is 202 Å². The number of nitrogens with one attached hydrogen (secondary N) is 2. The lowest BCUT2D eigenvalue weighted by atomic mass is 9.83. The second kappa shape index (κ2) is 9.57. The number of methoxy groups -OCH3 is 1. The molecule has 1 unspecified atom stereocenters. The molecular weight excluding hydrogens is 454 g/mol. The number of hydrogen-bond acceptors (Lipinski definition) is 4. The predicted octanol–water partition coefficient (Wildman–Crippen LogP) is 4.29. The third-order valence-electron chi connectivity index (χ3n) is 5.81. The standard InChI is InChI=1S/C26H24ClN3O4/c1-17-13-21(22(34-2)14-20(17)27)28-23(31)16-30-24(32)26(29-25(30)33,19-11-7-4-8-12-19)15-18-9-5-3-6-10-18/h3-14H,15-16H2,1-2H3,(H,28,31)(H,29,33). The van der Waals surface area contributed by atoms with Gasteiger partial charge in [0, 0.05) is 17.5 Å². The van der Waals surface area contributed by atoms with Crippen molar-refractivity contribution in [3.05, 3.63) is 94.5 Å². The Bertz CT molecular complexity index is 1230. The number of carbonyl (C=O) groups excluding carboxylic acids is 3. The van der Waals surface area contributed by atoms with Crippen molar-refractivity contribution < 1.29 is 19.1 Å². The van der Waals surface area contributed by atoms with Gasteiger partial charge in [0.2, 0.25) is 5.91 Å². The van der Waals surface area contributed by atoms with Gasteiger partial charge in [0.1, 0.15) is 12.3 Å². The Balaban J connectivity index is 1.60. The van der Waals surface area contributed by atoms with E-state index in [9.17, 15) is 14.4 Å². The summed E-state index contributed by atoms with van der Waals surface area (Å²) in [4.78, 5) is 40.4. The van der Waals surface area contributed by atoms with Crippen molar-refractivity contribution in [3.63, 3.8) is 0 Å². The molecule has 1 aliphatic rings. The number of nitrogens with zero attached hydrogens (tertiary/aromatic N) is 1. The summed E-state index contributed by atoms with van der Waals surface area (Å²) < 4.78 is 5.29. The molecule has 8 heteroatoms. The van der Waals surface area contributed by atoms with E-state index in [1.165, 1.54) is 7.11 Å². The molecule has 0 bridgehead atoms. The predicted molar refractivity (Wildman–Crippen MR) is 130 cm³/mol. The average Bonchev–Trinajstić information content (AvgIpc) is 3.07. The highest BCUT2D eigenvalue weighted by molar-refractivity contribution is 6.31. The maximum absolute atomic E-state index is 13.7. The van der Waals surface area contributed by atoms with Crippen LogP contribution in [0, 0.1) is 6.92 Å². The summed E-state index contributed by atoms with van der Waals surface area (Å²) in [7, 11) is 1.46. The van der Waals surface area contributed by atoms with Crippen LogP contribution < -0.4 is 15.4 Å². The molecule has 174 valence electrons. The number of imide groups is 1. The molecule has 1 aliphatic heterocycles. The number of halogens is 1. The van der Waals surface area contributed by atoms with E-state index >= 15 is 0 Å². The van der Waals surface area contributed by atoms with Crippen LogP contribution in [0.4, 0.5) is 10.5 Å². The fourth-order valence-electron chi connectivity index (χ4n) is 4.08. The minimum Gasteiger partial charge on any atom is -0.495 e. The van der Waals surface area contributed by atoms with Crippen molar-refractivity contribution in [2.75, 3.05) is 19.0 Å². The molecule has 0 spiro atoms. The highest BCUT2D eigenvalue weighted by Gasteiger charge is 2.52. The number of urea groups is 1. The number of hydrogen-bond donors (Lipinski definition) is 2. The van der Waals surface area contributed by atoms with Crippen LogP contribution in [0.2, 0.25) is 5.02 Å². The molecule has 0 aromatic heterocycles. The molecule has 0 radical (unpaired) electrons. The monoisotopic (exact) mass is 477 g/mol. The van der Waals surface area contributed by atoms with Gasteiger partial charge in [-0.05, 0) is 29.7 Å². The van der Waals surface area contributed by atoms with Crippen LogP contribution in [0.5, 0.6) is 5.75 Å². The first-order valence-electron chi connectivity index (χ1n) is 10.7. The van der Waals surface area contributed by atoms with E-state index < -0.39 is 29.9 Å². The third-order valence-corrected chi connectivity index (χ3v) is 6.22. The zero-order valence-electron chi connectivity index (χ0n) is 18.8. The normalized spacial score (nSPS) is 17.4. The maximum atomic E-state index is 13.7. The van der Waals surface area contributed by atoms with Gasteiger partial charge in [-0.25, -0.2) is 4.79 Å². The number of amides is 4. The Kier molecular flexibility index (Phi) is 6.56. The Morgan fingerprint density at radius 2 is 1.71 bits per heavy atom. The molecule has 3 aromatic carbocycles. The van der Waals surface area contributed by atoms with Crippen LogP contribution in [0.25, 0.3) is 0 Å². The van der Waals surface area contributed by atoms with Crippen molar-refractivity contribution >= 4 is 35.1 Å². The Morgan fingerprint density at radius 3 is 2.35 bits per heavy atom. The summed E-state index contributed by atoms with van der Waals surface area (Å²) in [5.74, 6) is -0.641. The number of aryl methyl sites for hydroxylation is 1. The van der Waals surface area contributed by atoms with Gasteiger partial charge in [-0.15, -0.1) is 0 Å². The first-order valence-corrected chi connectivity index (χ1v) is 11.1. The highest BCUT2D eigenvalue weighted by Crippen LogP contribution is 2.34. The smallest absolute Gasteiger partial charge is 0.325 e. The number of ether oxygens (including phenoxy) is 1. The average molecular weight is 478 g/mol. The molecule has 34 heavy (non-hydrogen) atoms. The summed E-state index contributed by atoms with van der Waals surface area (Å²) in [5.41, 5.74) is 1.37. The van der Waals surface area contributed by atoms with Crippen LogP contribution >= 0.6 is 11.6 Å². The van der Waals surface area contributed by atoms with Gasteiger partial charge in [-0.1, -0.05) is 72.3 Å². The summed E-state index contributed by atoms with van der Waals surface area (Å²) in [6.45, 7) is 1.35. The van der Waals surface area contributed by atoms with Crippen LogP contribution in [0.3, 0.4) is 0 Å². The van der Waals surface area contributed by atoms with Gasteiger partial charge in [0.25, 0.3) is 5.91 Å². The van der Waals surface area contributed by atoms with Gasteiger partial charge in [-0.3, -0.25) is 14.5 Å². The molecule has 1 atom stereocenters. The SMILES string of the molecule is COc1cc(Cl)c(C)cc1NC(=O)CN1C(=O)NC(Cc2ccccc2)(c2ccccc2)C1=O. The molecule has 1 fully saturated rings. The van der Waals surface area contributed by atoms with Crippen LogP contribution in [0.15, 0.2) is 72.8 Å². The topological polar surface area (TPSA) is 87.7 Å². The number of rotatable bonds is 7. The number of carbonyl (C=O) groups is 3. The van der Waals surface area contributed by atoms with E-state index in [1.54, 1.807) is 31.2 Å². The van der Waals surface area contributed by atoms with Crippen LogP contribution in [0.1, 0.15) is 16.7 Å². The Morgan fingerprint density at radius 1 is 1.06 bits per heavy atom. The first-order chi connectivity index (χ1) is 16.3. The summed E-state index contributed by atoms with van der Waals surface area (Å²) >= 11 is 6.13. The van der Waals surface area contributed by atoms with Gasteiger partial charge >= 0.3 is 6.03 Å². The van der Waals surface area contributed by atoms with E-state index in [0.29, 0.717) is 22.0 Å². The fraction of sp³-hybridized carbons (Fsp3) is 0.192. The van der Waals surface area contributed by atoms with Gasteiger partial charge in [0.15, 0.2) is 5.54 Å². The van der Waals surface area contributed by atoms with Crippen molar-refractivity contribution in [2.45, 2.75) is 18.9 Å². The van der Waals surface area contributed by atoms with Gasteiger partial charge < -0.3 is 15.4 Å². The molecule has 3 aromatic rings. The molecule has 1 heterocycles. The summed E-state index contributed by atoms with van der Waals surface area (Å²) in [6.07, 6.45) is 0.255. The van der Waals surface area contributed by atoms with Gasteiger partial charge in [-0.2, -0.15) is 0 Å². The van der Waals surface area contributed by atoms with Crippen molar-refractivity contribution in [3.8, 4) is 5.75 Å². The molecular formula is C26H24ClN3O4. The lowest BCUT2D eigenvalue weighted by Gasteiger charge is -2.27. The Hall–Kier alpha value is -3.84. The maximum Gasteiger partial charge on any atom is 0.325 e. The van der Waals surface area contributed by atoms with Gasteiger partial charge in [0.05, 0.1) is 12.8 Å². The van der Waals surface area contributed by atoms with Crippen molar-refractivity contribution in [1.29, 1.82) is 0 Å². The van der Waals surface area contributed by atoms with E-state index in [2.05, 4.69) is 10.6 Å². The number of anilines is 1. The summed E-state index contributed by atoms with van der Waals surface area (Å²) in [5, 5.41) is 6.07. The van der Waals surface area contributed by atoms with Crippen molar-refractivity contribution in [1.82, 2.24) is 10.2 Å². The molecule has 0 aliphatic carbocycles. The van der Waals surface area contributed by atoms with E-state index in [1.807, 2.05) is 48.5 Å². The fourth-order valence-corrected chi connectivity index (χ4v) is 4.23. The van der Waals surface area contributed by atoms with E-state index in [4.69, 9.17) is 16.3 Å². The zero-order valence-corrected chi connectivity index (χ0v) is 19.6. The van der Waals surface area contributed by atoms with E-state index in [0.717, 1.165) is 16.0 Å². The molecule has 1 saturated heterocycles. The van der Waals surface area contributed by atoms with Crippen LogP contribution in [-0.2, 0) is 21.5 Å². The second-order valence-corrected chi connectivity index (χ2v) is 8.51. The van der Waals surface area contributed by atoms with E-state index in [-0.39, 0.29) is 6.42 Å². The minimum absolute atomic E-state index is 0.255. The largest absolute Gasteiger partial charge is 0.495 e. The lowest BCUT2D eigenvalue weighted by molar-refractivity contribution is -0.134. The first kappa shape index (κ1) is 23.3. The minimum atomic E-state index is -1.31. The highest BCUT2D eigenvalue weighted by atomic mass is 35.5. The second-order valence-electron chi connectivity index (χ2n) is 8.11. The van der Waals surface area contributed by atoms with Crippen molar-refractivity contribution in [2.24, 2.45) is 0 Å². The molecule has 7 nitrogen and oxygen atoms in total. The number of benzene rings is 3. The summed E-state index contributed by atoms with van der Waals surface area (Å²) in [6, 6.07) is 21.1. The molecule has 4 amide bonds. The molecule has 4 rings (SSSR count). The lowest BCUT2D eigenvalue weighted by Crippen LogP contribution is -2.46. The zero-order chi connectivity index (χ0) is 24.3. The quantitative estimate of drug-likeness (QED) is 0.497. The molecule has 2 N–H and O–H groups in total. The van der Waals surface area contributed by atoms with Crippen LogP contribution in [-0.4, -0.2) is 36.4 Å². The third kappa shape index (κ3) is 4.47. The molecule has 0 saturated carbocycles.